The first-order chi connectivity index (χ1) is 13.0. The lowest BCUT2D eigenvalue weighted by Gasteiger charge is -2.32. The van der Waals surface area contributed by atoms with Crippen LogP contribution in [0.4, 0.5) is 19.3 Å². The van der Waals surface area contributed by atoms with Crippen molar-refractivity contribution in [3.8, 4) is 0 Å². The highest BCUT2D eigenvalue weighted by atomic mass is 19.1. The summed E-state index contributed by atoms with van der Waals surface area (Å²) in [6.07, 6.45) is 5.29. The van der Waals surface area contributed by atoms with Crippen molar-refractivity contribution in [3.05, 3.63) is 54.0 Å². The maximum atomic E-state index is 13.6. The van der Waals surface area contributed by atoms with Crippen LogP contribution in [0.5, 0.6) is 0 Å². The highest BCUT2D eigenvalue weighted by Gasteiger charge is 2.23. The van der Waals surface area contributed by atoms with Gasteiger partial charge in [0.2, 0.25) is 0 Å². The van der Waals surface area contributed by atoms with Crippen LogP contribution in [0.25, 0.3) is 0 Å². The fraction of sp³-hybridized carbons (Fsp3) is 0.368. The van der Waals surface area contributed by atoms with E-state index < -0.39 is 17.7 Å². The Bertz CT molecular complexity index is 788. The van der Waals surface area contributed by atoms with Gasteiger partial charge < -0.3 is 20.0 Å². The van der Waals surface area contributed by atoms with E-state index in [0.29, 0.717) is 31.1 Å². The minimum absolute atomic E-state index is 0.0366. The Balaban J connectivity index is 1.39. The molecule has 3 amide bonds. The van der Waals surface area contributed by atoms with Crippen LogP contribution < -0.4 is 10.6 Å². The van der Waals surface area contributed by atoms with Crippen LogP contribution in [-0.4, -0.2) is 36.5 Å². The minimum Gasteiger partial charge on any atom is -0.472 e. The third kappa shape index (κ3) is 5.06. The molecule has 6 nitrogen and oxygen atoms in total. The largest absolute Gasteiger partial charge is 0.472 e. The Morgan fingerprint density at radius 3 is 2.63 bits per heavy atom. The monoisotopic (exact) mass is 377 g/mol. The molecular weight excluding hydrogens is 356 g/mol. The maximum absolute atomic E-state index is 13.6. The predicted molar refractivity (Wildman–Crippen MR) is 95.3 cm³/mol. The Morgan fingerprint density at radius 2 is 1.96 bits per heavy atom. The zero-order chi connectivity index (χ0) is 19.2. The molecule has 1 fully saturated rings. The highest BCUT2D eigenvalue weighted by Crippen LogP contribution is 2.22. The molecule has 27 heavy (non-hydrogen) atoms. The number of piperidine rings is 1. The van der Waals surface area contributed by atoms with E-state index in [4.69, 9.17) is 4.42 Å². The number of benzene rings is 1. The number of nitrogens with one attached hydrogen (secondary N) is 2. The fourth-order valence-corrected chi connectivity index (χ4v) is 3.10. The number of likely N-dealkylation sites (tertiary alicyclic amines) is 1. The van der Waals surface area contributed by atoms with E-state index in [-0.39, 0.29) is 11.6 Å². The zero-order valence-electron chi connectivity index (χ0n) is 14.7. The molecule has 3 rings (SSSR count). The van der Waals surface area contributed by atoms with Gasteiger partial charge in [-0.25, -0.2) is 13.6 Å². The van der Waals surface area contributed by atoms with Crippen LogP contribution in [0.3, 0.4) is 0 Å². The second-order valence-electron chi connectivity index (χ2n) is 6.54. The van der Waals surface area contributed by atoms with Crippen molar-refractivity contribution in [1.29, 1.82) is 0 Å². The van der Waals surface area contributed by atoms with Crippen molar-refractivity contribution in [2.75, 3.05) is 25.0 Å². The summed E-state index contributed by atoms with van der Waals surface area (Å²) in [7, 11) is 0. The summed E-state index contributed by atoms with van der Waals surface area (Å²) >= 11 is 0. The maximum Gasteiger partial charge on any atom is 0.321 e. The van der Waals surface area contributed by atoms with E-state index in [1.54, 1.807) is 11.0 Å². The van der Waals surface area contributed by atoms with Crippen LogP contribution in [0.15, 0.2) is 41.2 Å². The molecule has 8 heteroatoms. The number of hydrogen-bond acceptors (Lipinski definition) is 3. The number of furan rings is 1. The second kappa shape index (κ2) is 8.66. The van der Waals surface area contributed by atoms with Crippen LogP contribution in [0.2, 0.25) is 0 Å². The van der Waals surface area contributed by atoms with Crippen molar-refractivity contribution >= 4 is 17.6 Å². The average Bonchev–Trinajstić information content (AvgIpc) is 3.19. The quantitative estimate of drug-likeness (QED) is 0.836. The van der Waals surface area contributed by atoms with Gasteiger partial charge in [0, 0.05) is 25.7 Å². The van der Waals surface area contributed by atoms with Crippen LogP contribution in [-0.2, 0) is 0 Å². The summed E-state index contributed by atoms with van der Waals surface area (Å²) in [6, 6.07) is 4.25. The number of amides is 3. The van der Waals surface area contributed by atoms with Crippen LogP contribution >= 0.6 is 0 Å². The van der Waals surface area contributed by atoms with E-state index >= 15 is 0 Å². The van der Waals surface area contributed by atoms with E-state index in [0.717, 1.165) is 31.4 Å². The minimum atomic E-state index is -0.799. The Morgan fingerprint density at radius 1 is 1.19 bits per heavy atom. The fourth-order valence-electron chi connectivity index (χ4n) is 3.10. The summed E-state index contributed by atoms with van der Waals surface area (Å²) in [6.45, 7) is 1.66. The van der Waals surface area contributed by atoms with Crippen molar-refractivity contribution in [2.45, 2.75) is 19.3 Å². The van der Waals surface area contributed by atoms with Crippen molar-refractivity contribution in [2.24, 2.45) is 5.92 Å². The number of carbonyl (C=O) groups is 2. The summed E-state index contributed by atoms with van der Waals surface area (Å²) in [4.78, 5) is 25.7. The molecule has 1 saturated heterocycles. The second-order valence-corrected chi connectivity index (χ2v) is 6.54. The van der Waals surface area contributed by atoms with Gasteiger partial charge in [-0.15, -0.1) is 0 Å². The van der Waals surface area contributed by atoms with Gasteiger partial charge in [0.25, 0.3) is 5.91 Å². The normalized spacial score (nSPS) is 14.8. The number of hydrogen-bond donors (Lipinski definition) is 2. The summed E-state index contributed by atoms with van der Waals surface area (Å²) in [5.41, 5.74) is 0.458. The zero-order valence-corrected chi connectivity index (χ0v) is 14.7. The van der Waals surface area contributed by atoms with E-state index in [2.05, 4.69) is 10.6 Å². The van der Waals surface area contributed by atoms with Gasteiger partial charge in [0.05, 0.1) is 17.5 Å². The van der Waals surface area contributed by atoms with Crippen LogP contribution in [0, 0.1) is 17.6 Å². The van der Waals surface area contributed by atoms with Crippen molar-refractivity contribution in [1.82, 2.24) is 10.2 Å². The summed E-state index contributed by atoms with van der Waals surface area (Å²) in [5.74, 6) is -1.25. The van der Waals surface area contributed by atoms with Gasteiger partial charge in [-0.05, 0) is 43.4 Å². The number of halogens is 2. The summed E-state index contributed by atoms with van der Waals surface area (Å²) < 4.78 is 31.4. The molecule has 0 aliphatic carbocycles. The standard InChI is InChI=1S/C19H21F2N3O3/c20-15-1-2-17(16(21)11-15)23-19(26)24-8-4-13(5-9-24)3-7-22-18(25)14-6-10-27-12-14/h1-2,6,10-13H,3-5,7-9H2,(H,22,25)(H,23,26). The molecule has 2 aromatic rings. The third-order valence-electron chi connectivity index (χ3n) is 4.70. The van der Waals surface area contributed by atoms with Gasteiger partial charge in [0.1, 0.15) is 17.9 Å². The van der Waals surface area contributed by atoms with Crippen molar-refractivity contribution < 1.29 is 22.8 Å². The Kier molecular flexibility index (Phi) is 6.05. The van der Waals surface area contributed by atoms with Crippen molar-refractivity contribution in [3.63, 3.8) is 0 Å². The average molecular weight is 377 g/mol. The molecule has 144 valence electrons. The lowest BCUT2D eigenvalue weighted by molar-refractivity contribution is 0.0949. The predicted octanol–water partition coefficient (Wildman–Crippen LogP) is 3.62. The molecule has 1 aromatic heterocycles. The van der Waals surface area contributed by atoms with Gasteiger partial charge in [-0.1, -0.05) is 0 Å². The van der Waals surface area contributed by atoms with E-state index in [1.807, 2.05) is 0 Å². The molecule has 0 unspecified atom stereocenters. The molecular formula is C19H21F2N3O3. The lowest BCUT2D eigenvalue weighted by Crippen LogP contribution is -2.41. The highest BCUT2D eigenvalue weighted by molar-refractivity contribution is 5.93. The van der Waals surface area contributed by atoms with Crippen LogP contribution in [0.1, 0.15) is 29.6 Å². The van der Waals surface area contributed by atoms with Gasteiger partial charge >= 0.3 is 6.03 Å². The molecule has 0 bridgehead atoms. The number of carbonyl (C=O) groups excluding carboxylic acids is 2. The molecule has 2 N–H and O–H groups in total. The first-order valence-electron chi connectivity index (χ1n) is 8.84. The molecule has 0 atom stereocenters. The number of nitrogens with zero attached hydrogens (tertiary/aromatic N) is 1. The first kappa shape index (κ1) is 18.9. The Hall–Kier alpha value is -2.90. The first-order valence-corrected chi connectivity index (χ1v) is 8.84. The topological polar surface area (TPSA) is 74.6 Å². The van der Waals surface area contributed by atoms with Gasteiger partial charge in [0.15, 0.2) is 0 Å². The SMILES string of the molecule is O=C(NCCC1CCN(C(=O)Nc2ccc(F)cc2F)CC1)c1ccoc1. The molecule has 2 heterocycles. The van der Waals surface area contributed by atoms with E-state index in [1.165, 1.54) is 18.6 Å². The smallest absolute Gasteiger partial charge is 0.321 e. The molecule has 1 aliphatic rings. The van der Waals surface area contributed by atoms with Gasteiger partial charge in [-0.3, -0.25) is 4.79 Å². The lowest BCUT2D eigenvalue weighted by atomic mass is 9.93. The third-order valence-corrected chi connectivity index (χ3v) is 4.70. The molecule has 0 radical (unpaired) electrons. The molecule has 1 aromatic carbocycles. The summed E-state index contributed by atoms with van der Waals surface area (Å²) in [5, 5.41) is 5.32. The Labute approximate surface area is 155 Å². The number of rotatable bonds is 5. The van der Waals surface area contributed by atoms with Gasteiger partial charge in [-0.2, -0.15) is 0 Å². The molecule has 1 aliphatic heterocycles. The van der Waals surface area contributed by atoms with E-state index in [9.17, 15) is 18.4 Å². The molecule has 0 saturated carbocycles. The number of anilines is 1. The number of urea groups is 1. The molecule has 0 spiro atoms.